The van der Waals surface area contributed by atoms with Crippen molar-refractivity contribution in [2.24, 2.45) is 0 Å². The molecule has 1 unspecified atom stereocenters. The number of Topliss-reactive ketones (excluding diaryl/α,β-unsaturated/α-hetero) is 1. The van der Waals surface area contributed by atoms with Crippen LogP contribution in [0.2, 0.25) is 0 Å². The van der Waals surface area contributed by atoms with Gasteiger partial charge in [-0.25, -0.2) is 0 Å². The molecule has 1 atom stereocenters. The van der Waals surface area contributed by atoms with E-state index < -0.39 is 12.1 Å². The SMILES string of the molecule is COc1ccc(CNC2=CC3C4=C([NH2+]C=C4C=CN3C)C2=O)cc1.O=C([O-])C(F)(F)F. The lowest BCUT2D eigenvalue weighted by molar-refractivity contribution is -0.525. The quantitative estimate of drug-likeness (QED) is 0.696. The maximum atomic E-state index is 12.8. The summed E-state index contributed by atoms with van der Waals surface area (Å²) in [6, 6.07) is 7.97. The average Bonchev–Trinajstić information content (AvgIpc) is 3.17. The van der Waals surface area contributed by atoms with Crippen molar-refractivity contribution in [1.29, 1.82) is 0 Å². The summed E-state index contributed by atoms with van der Waals surface area (Å²) < 4.78 is 36.7. The maximum Gasteiger partial charge on any atom is 0.430 e. The van der Waals surface area contributed by atoms with Gasteiger partial charge in [0.05, 0.1) is 24.4 Å². The van der Waals surface area contributed by atoms with Gasteiger partial charge in [0.1, 0.15) is 17.9 Å². The van der Waals surface area contributed by atoms with Crippen molar-refractivity contribution in [2.45, 2.75) is 18.8 Å². The highest BCUT2D eigenvalue weighted by Gasteiger charge is 2.40. The van der Waals surface area contributed by atoms with Crippen molar-refractivity contribution < 1.29 is 37.9 Å². The van der Waals surface area contributed by atoms with Crippen molar-refractivity contribution >= 4 is 11.8 Å². The third-order valence-corrected chi connectivity index (χ3v) is 4.94. The van der Waals surface area contributed by atoms with Crippen LogP contribution >= 0.6 is 0 Å². The molecular weight excluding hydrogens is 415 g/mol. The predicted octanol–water partition coefficient (Wildman–Crippen LogP) is 0.0927. The molecule has 0 fully saturated rings. The molecule has 0 bridgehead atoms. The molecule has 1 aliphatic carbocycles. The Morgan fingerprint density at radius 2 is 1.94 bits per heavy atom. The minimum absolute atomic E-state index is 0.0738. The van der Waals surface area contributed by atoms with Gasteiger partial charge < -0.3 is 24.9 Å². The third kappa shape index (κ3) is 4.80. The van der Waals surface area contributed by atoms with E-state index in [2.05, 4.69) is 22.5 Å². The molecule has 0 saturated heterocycles. The second-order valence-corrected chi connectivity index (χ2v) is 6.94. The zero-order chi connectivity index (χ0) is 22.8. The van der Waals surface area contributed by atoms with E-state index in [1.807, 2.05) is 48.9 Å². The van der Waals surface area contributed by atoms with Gasteiger partial charge in [0.2, 0.25) is 0 Å². The molecule has 0 aromatic heterocycles. The highest BCUT2D eigenvalue weighted by Crippen LogP contribution is 2.33. The molecule has 3 aliphatic rings. The molecule has 1 aromatic rings. The van der Waals surface area contributed by atoms with Crippen LogP contribution in [0, 0.1) is 0 Å². The summed E-state index contributed by atoms with van der Waals surface area (Å²) >= 11 is 0. The number of alkyl halides is 3. The van der Waals surface area contributed by atoms with Gasteiger partial charge in [0.25, 0.3) is 5.78 Å². The Kier molecular flexibility index (Phi) is 6.21. The molecule has 0 amide bonds. The Morgan fingerprint density at radius 1 is 1.29 bits per heavy atom. The lowest BCUT2D eigenvalue weighted by Gasteiger charge is -2.32. The summed E-state index contributed by atoms with van der Waals surface area (Å²) in [7, 11) is 3.69. The molecule has 4 rings (SSSR count). The van der Waals surface area contributed by atoms with Crippen LogP contribution in [0.4, 0.5) is 13.2 Å². The number of carbonyl (C=O) groups excluding carboxylic acids is 2. The van der Waals surface area contributed by atoms with E-state index in [-0.39, 0.29) is 11.8 Å². The molecule has 1 aromatic carbocycles. The van der Waals surface area contributed by atoms with E-state index in [0.717, 1.165) is 28.2 Å². The number of aliphatic carboxylic acids is 1. The number of rotatable bonds is 4. The molecule has 7 nitrogen and oxygen atoms in total. The second-order valence-electron chi connectivity index (χ2n) is 6.94. The number of nitrogens with zero attached hydrogens (tertiary/aromatic N) is 1. The van der Waals surface area contributed by atoms with Crippen molar-refractivity contribution in [3.8, 4) is 5.75 Å². The Balaban J connectivity index is 0.000000339. The first kappa shape index (κ1) is 22.2. The number of halogens is 3. The number of benzene rings is 1. The molecule has 3 N–H and O–H groups in total. The maximum absolute atomic E-state index is 12.8. The van der Waals surface area contributed by atoms with Gasteiger partial charge in [-0.1, -0.05) is 12.1 Å². The highest BCUT2D eigenvalue weighted by atomic mass is 19.4. The van der Waals surface area contributed by atoms with Gasteiger partial charge in [-0.3, -0.25) is 10.1 Å². The number of methoxy groups -OCH3 is 1. The fourth-order valence-electron chi connectivity index (χ4n) is 3.34. The van der Waals surface area contributed by atoms with Crippen LogP contribution in [0.1, 0.15) is 5.56 Å². The van der Waals surface area contributed by atoms with Crippen molar-refractivity contribution in [3.05, 3.63) is 76.9 Å². The molecule has 0 spiro atoms. The van der Waals surface area contributed by atoms with Crippen LogP contribution in [0.15, 0.2) is 71.4 Å². The van der Waals surface area contributed by atoms with E-state index in [1.165, 1.54) is 0 Å². The molecule has 10 heteroatoms. The molecule has 31 heavy (non-hydrogen) atoms. The minimum atomic E-state index is -5.19. The number of ether oxygens (including phenoxy) is 1. The van der Waals surface area contributed by atoms with Crippen LogP contribution in [-0.4, -0.2) is 43.0 Å². The predicted molar refractivity (Wildman–Crippen MR) is 102 cm³/mol. The van der Waals surface area contributed by atoms with Crippen LogP contribution in [-0.2, 0) is 16.1 Å². The first-order valence-electron chi connectivity index (χ1n) is 9.23. The number of nitrogens with one attached hydrogen (secondary N) is 1. The number of nitrogens with two attached hydrogens (primary N) is 1. The summed E-state index contributed by atoms with van der Waals surface area (Å²) in [5.74, 6) is -2.10. The minimum Gasteiger partial charge on any atom is -0.542 e. The first-order valence-corrected chi connectivity index (χ1v) is 9.23. The fraction of sp³-hybridized carbons (Fsp3) is 0.238. The topological polar surface area (TPSA) is 98.3 Å². The lowest BCUT2D eigenvalue weighted by Crippen LogP contribution is -2.77. The van der Waals surface area contributed by atoms with E-state index in [1.54, 1.807) is 7.11 Å². The summed E-state index contributed by atoms with van der Waals surface area (Å²) in [5, 5.41) is 14.0. The van der Waals surface area contributed by atoms with Gasteiger partial charge >= 0.3 is 6.18 Å². The zero-order valence-corrected chi connectivity index (χ0v) is 16.7. The number of hydrogen-bond donors (Lipinski definition) is 2. The number of hydrogen-bond acceptors (Lipinski definition) is 6. The monoisotopic (exact) mass is 435 g/mol. The Hall–Kier alpha value is -3.53. The number of quaternary nitrogens is 1. The number of ketones is 1. The van der Waals surface area contributed by atoms with Crippen molar-refractivity contribution in [3.63, 3.8) is 0 Å². The molecule has 0 saturated carbocycles. The van der Waals surface area contributed by atoms with Gasteiger partial charge in [-0.15, -0.1) is 0 Å². The van der Waals surface area contributed by atoms with Crippen LogP contribution < -0.4 is 20.5 Å². The van der Waals surface area contributed by atoms with Gasteiger partial charge in [-0.2, -0.15) is 13.2 Å². The third-order valence-electron chi connectivity index (χ3n) is 4.94. The second kappa shape index (κ2) is 8.68. The lowest BCUT2D eigenvalue weighted by atomic mass is 9.88. The average molecular weight is 435 g/mol. The highest BCUT2D eigenvalue weighted by molar-refractivity contribution is 6.08. The van der Waals surface area contributed by atoms with Crippen LogP contribution in [0.25, 0.3) is 0 Å². The fourth-order valence-corrected chi connectivity index (χ4v) is 3.34. The van der Waals surface area contributed by atoms with E-state index in [4.69, 9.17) is 14.6 Å². The summed E-state index contributed by atoms with van der Waals surface area (Å²) in [6.45, 7) is 0.608. The van der Waals surface area contributed by atoms with E-state index in [0.29, 0.717) is 12.2 Å². The van der Waals surface area contributed by atoms with Gasteiger partial charge in [0.15, 0.2) is 5.70 Å². The smallest absolute Gasteiger partial charge is 0.430 e. The molecule has 2 heterocycles. The normalized spacial score (nSPS) is 19.2. The molecule has 0 radical (unpaired) electrons. The summed E-state index contributed by atoms with van der Waals surface area (Å²) in [6.07, 6.45) is 2.98. The van der Waals surface area contributed by atoms with Crippen LogP contribution in [0.3, 0.4) is 0 Å². The molecule has 2 aliphatic heterocycles. The number of carboxylic acids is 1. The van der Waals surface area contributed by atoms with Crippen molar-refractivity contribution in [1.82, 2.24) is 10.2 Å². The largest absolute Gasteiger partial charge is 0.542 e. The standard InChI is InChI=1S/C19H19N3O2.C2HF3O2/c1-22-8-7-13-11-21-18-17(13)16(22)9-15(19(18)23)20-10-12-3-5-14(24-2)6-4-12;3-2(4,5)1(6)7/h3-9,11,16,20-21H,10H2,1-2H3;(H,6,7). The van der Waals surface area contributed by atoms with Crippen LogP contribution in [0.5, 0.6) is 5.75 Å². The van der Waals surface area contributed by atoms with Gasteiger partial charge in [0, 0.05) is 25.4 Å². The Labute approximate surface area is 176 Å². The number of carboxylic acid groups (broad SMARTS) is 1. The van der Waals surface area contributed by atoms with Crippen molar-refractivity contribution in [2.75, 3.05) is 14.2 Å². The number of carbonyl (C=O) groups is 2. The summed E-state index contributed by atoms with van der Waals surface area (Å²) in [4.78, 5) is 23.7. The van der Waals surface area contributed by atoms with E-state index >= 15 is 0 Å². The Bertz CT molecular complexity index is 1010. The van der Waals surface area contributed by atoms with E-state index in [9.17, 15) is 18.0 Å². The zero-order valence-electron chi connectivity index (χ0n) is 16.7. The molecule has 164 valence electrons. The number of likely N-dealkylation sites (N-methyl/N-ethyl adjacent to an activating group) is 1. The first-order chi connectivity index (χ1) is 14.6. The number of allylic oxidation sites excluding steroid dienone is 1. The Morgan fingerprint density at radius 3 is 2.52 bits per heavy atom. The van der Waals surface area contributed by atoms with Gasteiger partial charge in [-0.05, 0) is 29.8 Å². The summed E-state index contributed by atoms with van der Waals surface area (Å²) in [5.41, 5.74) is 4.86. The molecular formula is C21H20F3N3O4.